The van der Waals surface area contributed by atoms with Crippen molar-refractivity contribution in [1.29, 1.82) is 0 Å². The van der Waals surface area contributed by atoms with Crippen molar-refractivity contribution in [2.75, 3.05) is 21.3 Å². The zero-order valence-electron chi connectivity index (χ0n) is 14.2. The van der Waals surface area contributed by atoms with Crippen LogP contribution in [0.1, 0.15) is 5.82 Å². The summed E-state index contributed by atoms with van der Waals surface area (Å²) in [4.78, 5) is 4.34. The lowest BCUT2D eigenvalue weighted by Crippen LogP contribution is -1.97. The van der Waals surface area contributed by atoms with Gasteiger partial charge in [-0.2, -0.15) is 4.98 Å². The van der Waals surface area contributed by atoms with Crippen molar-refractivity contribution < 1.29 is 23.5 Å². The van der Waals surface area contributed by atoms with E-state index in [1.807, 2.05) is 24.3 Å². The average molecular weight is 342 g/mol. The quantitative estimate of drug-likeness (QED) is 0.652. The Balaban J connectivity index is 1.71. The summed E-state index contributed by atoms with van der Waals surface area (Å²) < 4.78 is 26.5. The normalized spacial score (nSPS) is 10.4. The fourth-order valence-corrected chi connectivity index (χ4v) is 2.18. The maximum Gasteiger partial charge on any atom is 0.258 e. The minimum absolute atomic E-state index is 0.191. The molecule has 25 heavy (non-hydrogen) atoms. The zero-order valence-corrected chi connectivity index (χ0v) is 14.2. The second-order valence-corrected chi connectivity index (χ2v) is 5.08. The maximum absolute atomic E-state index is 5.64. The third-order valence-electron chi connectivity index (χ3n) is 3.49. The summed E-state index contributed by atoms with van der Waals surface area (Å²) in [6, 6.07) is 12.6. The first-order valence-electron chi connectivity index (χ1n) is 7.54. The average Bonchev–Trinajstić information content (AvgIpc) is 3.15. The van der Waals surface area contributed by atoms with Crippen LogP contribution in [0.15, 0.2) is 47.0 Å². The van der Waals surface area contributed by atoms with Crippen molar-refractivity contribution >= 4 is 0 Å². The highest BCUT2D eigenvalue weighted by molar-refractivity contribution is 5.59. The van der Waals surface area contributed by atoms with Gasteiger partial charge in [0, 0.05) is 11.6 Å². The molecule has 0 saturated carbocycles. The van der Waals surface area contributed by atoms with Crippen LogP contribution in [-0.4, -0.2) is 31.5 Å². The molecule has 0 unspecified atom stereocenters. The van der Waals surface area contributed by atoms with E-state index in [1.165, 1.54) is 0 Å². The molecule has 0 N–H and O–H groups in total. The van der Waals surface area contributed by atoms with Crippen molar-refractivity contribution in [2.24, 2.45) is 0 Å². The van der Waals surface area contributed by atoms with Gasteiger partial charge in [-0.15, -0.1) is 0 Å². The van der Waals surface area contributed by atoms with E-state index in [1.54, 1.807) is 39.5 Å². The standard InChI is InChI=1S/C18H18N2O5/c1-21-13-4-6-14(7-5-13)24-11-17-19-18(25-20-17)12-8-15(22-2)10-16(9-12)23-3/h4-10H,11H2,1-3H3. The number of nitrogens with zero attached hydrogens (tertiary/aromatic N) is 2. The topological polar surface area (TPSA) is 75.8 Å². The van der Waals surface area contributed by atoms with Gasteiger partial charge in [0.2, 0.25) is 5.82 Å². The first-order valence-corrected chi connectivity index (χ1v) is 7.54. The van der Waals surface area contributed by atoms with E-state index in [2.05, 4.69) is 10.1 Å². The molecule has 0 radical (unpaired) electrons. The van der Waals surface area contributed by atoms with Gasteiger partial charge in [-0.25, -0.2) is 0 Å². The zero-order chi connectivity index (χ0) is 17.6. The van der Waals surface area contributed by atoms with Gasteiger partial charge in [-0.05, 0) is 36.4 Å². The molecule has 2 aromatic carbocycles. The van der Waals surface area contributed by atoms with Crippen LogP contribution in [-0.2, 0) is 6.61 Å². The Labute approximate surface area is 145 Å². The van der Waals surface area contributed by atoms with Gasteiger partial charge in [-0.1, -0.05) is 5.16 Å². The Bertz CT molecular complexity index is 807. The Morgan fingerprint density at radius 2 is 1.40 bits per heavy atom. The molecule has 130 valence electrons. The minimum atomic E-state index is 0.191. The highest BCUT2D eigenvalue weighted by atomic mass is 16.5. The molecule has 0 amide bonds. The third-order valence-corrected chi connectivity index (χ3v) is 3.49. The number of methoxy groups -OCH3 is 3. The number of benzene rings is 2. The van der Waals surface area contributed by atoms with Gasteiger partial charge in [0.15, 0.2) is 6.61 Å². The Morgan fingerprint density at radius 3 is 2.00 bits per heavy atom. The molecular weight excluding hydrogens is 324 g/mol. The molecule has 3 rings (SSSR count). The van der Waals surface area contributed by atoms with E-state index < -0.39 is 0 Å². The van der Waals surface area contributed by atoms with E-state index in [0.717, 1.165) is 5.75 Å². The van der Waals surface area contributed by atoms with E-state index in [9.17, 15) is 0 Å². The van der Waals surface area contributed by atoms with Crippen LogP contribution in [0.4, 0.5) is 0 Å². The largest absolute Gasteiger partial charge is 0.497 e. The number of ether oxygens (including phenoxy) is 4. The lowest BCUT2D eigenvalue weighted by atomic mass is 10.2. The van der Waals surface area contributed by atoms with Gasteiger partial charge in [0.25, 0.3) is 5.89 Å². The molecule has 0 bridgehead atoms. The van der Waals surface area contributed by atoms with Gasteiger partial charge < -0.3 is 23.5 Å². The predicted molar refractivity (Wildman–Crippen MR) is 90.2 cm³/mol. The van der Waals surface area contributed by atoms with Crippen LogP contribution in [0.2, 0.25) is 0 Å². The highest BCUT2D eigenvalue weighted by Crippen LogP contribution is 2.29. The van der Waals surface area contributed by atoms with Gasteiger partial charge in [-0.3, -0.25) is 0 Å². The summed E-state index contributed by atoms with van der Waals surface area (Å²) in [6.45, 7) is 0.191. The van der Waals surface area contributed by atoms with Crippen LogP contribution in [0.3, 0.4) is 0 Å². The number of hydrogen-bond donors (Lipinski definition) is 0. The van der Waals surface area contributed by atoms with Gasteiger partial charge in [0.05, 0.1) is 21.3 Å². The van der Waals surface area contributed by atoms with Crippen molar-refractivity contribution in [1.82, 2.24) is 10.1 Å². The summed E-state index contributed by atoms with van der Waals surface area (Å²) in [6.07, 6.45) is 0. The molecule has 7 heteroatoms. The number of aromatic nitrogens is 2. The van der Waals surface area contributed by atoms with Crippen LogP contribution in [0, 0.1) is 0 Å². The molecule has 3 aromatic rings. The molecule has 0 aliphatic heterocycles. The smallest absolute Gasteiger partial charge is 0.258 e. The molecule has 1 heterocycles. The molecule has 0 saturated heterocycles. The highest BCUT2D eigenvalue weighted by Gasteiger charge is 2.12. The van der Waals surface area contributed by atoms with Crippen molar-refractivity contribution in [3.8, 4) is 34.5 Å². The second-order valence-electron chi connectivity index (χ2n) is 5.08. The van der Waals surface area contributed by atoms with Crippen molar-refractivity contribution in [2.45, 2.75) is 6.61 Å². The lowest BCUT2D eigenvalue weighted by molar-refractivity contribution is 0.286. The van der Waals surface area contributed by atoms with Crippen LogP contribution >= 0.6 is 0 Å². The Morgan fingerprint density at radius 1 is 0.800 bits per heavy atom. The van der Waals surface area contributed by atoms with Crippen LogP contribution < -0.4 is 18.9 Å². The molecule has 0 fully saturated rings. The van der Waals surface area contributed by atoms with E-state index in [4.69, 9.17) is 23.5 Å². The SMILES string of the molecule is COc1ccc(OCc2noc(-c3cc(OC)cc(OC)c3)n2)cc1. The summed E-state index contributed by atoms with van der Waals surface area (Å²) in [7, 11) is 4.78. The molecule has 0 spiro atoms. The predicted octanol–water partition coefficient (Wildman–Crippen LogP) is 3.34. The summed E-state index contributed by atoms with van der Waals surface area (Å²) in [5.74, 6) is 3.54. The number of rotatable bonds is 7. The Hall–Kier alpha value is -3.22. The number of hydrogen-bond acceptors (Lipinski definition) is 7. The third kappa shape index (κ3) is 4.00. The minimum Gasteiger partial charge on any atom is -0.497 e. The van der Waals surface area contributed by atoms with Crippen molar-refractivity contribution in [3.05, 3.63) is 48.3 Å². The summed E-state index contributed by atoms with van der Waals surface area (Å²) >= 11 is 0. The maximum atomic E-state index is 5.64. The van der Waals surface area contributed by atoms with Crippen LogP contribution in [0.5, 0.6) is 23.0 Å². The molecular formula is C18H18N2O5. The van der Waals surface area contributed by atoms with Gasteiger partial charge in [0.1, 0.15) is 23.0 Å². The first kappa shape index (κ1) is 16.6. The molecule has 7 nitrogen and oxygen atoms in total. The van der Waals surface area contributed by atoms with Gasteiger partial charge >= 0.3 is 0 Å². The Kier molecular flexibility index (Phi) is 5.03. The molecule has 0 aliphatic carbocycles. The molecule has 0 aliphatic rings. The van der Waals surface area contributed by atoms with Crippen molar-refractivity contribution in [3.63, 3.8) is 0 Å². The fraction of sp³-hybridized carbons (Fsp3) is 0.222. The molecule has 0 atom stereocenters. The van der Waals surface area contributed by atoms with E-state index in [0.29, 0.717) is 34.5 Å². The second kappa shape index (κ2) is 7.57. The lowest BCUT2D eigenvalue weighted by Gasteiger charge is -2.05. The summed E-state index contributed by atoms with van der Waals surface area (Å²) in [5.41, 5.74) is 0.708. The fourth-order valence-electron chi connectivity index (χ4n) is 2.18. The first-order chi connectivity index (χ1) is 12.2. The van der Waals surface area contributed by atoms with E-state index in [-0.39, 0.29) is 6.61 Å². The summed E-state index contributed by atoms with van der Waals surface area (Å²) in [5, 5.41) is 3.93. The van der Waals surface area contributed by atoms with Crippen LogP contribution in [0.25, 0.3) is 11.5 Å². The monoisotopic (exact) mass is 342 g/mol. The van der Waals surface area contributed by atoms with E-state index >= 15 is 0 Å². The molecule has 1 aromatic heterocycles.